The van der Waals surface area contributed by atoms with Gasteiger partial charge in [0.15, 0.2) is 0 Å². The van der Waals surface area contributed by atoms with Crippen molar-refractivity contribution in [2.24, 2.45) is 0 Å². The maximum Gasteiger partial charge on any atom is 0.147 e. The summed E-state index contributed by atoms with van der Waals surface area (Å²) in [5.41, 5.74) is 1.87. The zero-order valence-corrected chi connectivity index (χ0v) is 14.2. The van der Waals surface area contributed by atoms with Crippen LogP contribution in [0.1, 0.15) is 32.8 Å². The van der Waals surface area contributed by atoms with Crippen LogP contribution in [0.15, 0.2) is 53.0 Å². The second-order valence-corrected chi connectivity index (χ2v) is 6.95. The molecule has 1 nitrogen and oxygen atoms in total. The number of hydrogen-bond donors (Lipinski definition) is 1. The van der Waals surface area contributed by atoms with Crippen LogP contribution >= 0.6 is 15.9 Å². The van der Waals surface area contributed by atoms with Gasteiger partial charge in [-0.25, -0.2) is 4.39 Å². The van der Waals surface area contributed by atoms with Gasteiger partial charge >= 0.3 is 0 Å². The van der Waals surface area contributed by atoms with Crippen molar-refractivity contribution in [1.82, 2.24) is 0 Å². The summed E-state index contributed by atoms with van der Waals surface area (Å²) in [4.78, 5) is 0. The molecule has 0 aliphatic carbocycles. The highest BCUT2D eigenvalue weighted by atomic mass is 79.9. The van der Waals surface area contributed by atoms with Crippen molar-refractivity contribution in [3.63, 3.8) is 0 Å². The molecule has 2 aromatic carbocycles. The Labute approximate surface area is 134 Å². The molecule has 0 heterocycles. The van der Waals surface area contributed by atoms with E-state index in [-0.39, 0.29) is 17.3 Å². The minimum absolute atomic E-state index is 0.0331. The first-order valence-electron chi connectivity index (χ1n) is 7.16. The van der Waals surface area contributed by atoms with E-state index in [0.717, 1.165) is 10.9 Å². The van der Waals surface area contributed by atoms with Gasteiger partial charge in [-0.2, -0.15) is 0 Å². The topological polar surface area (TPSA) is 12.0 Å². The van der Waals surface area contributed by atoms with E-state index in [9.17, 15) is 4.39 Å². The smallest absolute Gasteiger partial charge is 0.147 e. The Balaban J connectivity index is 2.10. The van der Waals surface area contributed by atoms with E-state index < -0.39 is 0 Å². The molecule has 0 radical (unpaired) electrons. The van der Waals surface area contributed by atoms with Crippen molar-refractivity contribution in [2.45, 2.75) is 38.6 Å². The second-order valence-electron chi connectivity index (χ2n) is 6.10. The molecular weight excluding hydrogens is 329 g/mol. The molecule has 0 amide bonds. The summed E-state index contributed by atoms with van der Waals surface area (Å²) >= 11 is 3.40. The van der Waals surface area contributed by atoms with Crippen LogP contribution in [-0.4, -0.2) is 6.04 Å². The molecule has 2 aromatic rings. The van der Waals surface area contributed by atoms with E-state index in [0.29, 0.717) is 5.69 Å². The molecule has 0 spiro atoms. The first-order chi connectivity index (χ1) is 9.90. The number of halogens is 2. The third-order valence-corrected chi connectivity index (χ3v) is 4.39. The molecule has 0 aromatic heterocycles. The SMILES string of the molecule is CC(CC(C)(C)c1ccccc1)Nc1c(F)cccc1Br. The van der Waals surface area contributed by atoms with Gasteiger partial charge in [-0.05, 0) is 52.4 Å². The Kier molecular flexibility index (Phi) is 5.04. The van der Waals surface area contributed by atoms with Gasteiger partial charge < -0.3 is 5.32 Å². The van der Waals surface area contributed by atoms with Gasteiger partial charge in [0.1, 0.15) is 5.82 Å². The number of hydrogen-bond acceptors (Lipinski definition) is 1. The van der Waals surface area contributed by atoms with E-state index in [4.69, 9.17) is 0 Å². The average molecular weight is 350 g/mol. The van der Waals surface area contributed by atoms with Crippen molar-refractivity contribution in [1.29, 1.82) is 0 Å². The summed E-state index contributed by atoms with van der Waals surface area (Å²) in [5, 5.41) is 3.28. The van der Waals surface area contributed by atoms with Gasteiger partial charge in [-0.3, -0.25) is 0 Å². The minimum atomic E-state index is -0.228. The van der Waals surface area contributed by atoms with Crippen molar-refractivity contribution in [3.05, 3.63) is 64.4 Å². The van der Waals surface area contributed by atoms with E-state index >= 15 is 0 Å². The highest BCUT2D eigenvalue weighted by Gasteiger charge is 2.23. The van der Waals surface area contributed by atoms with Crippen molar-refractivity contribution >= 4 is 21.6 Å². The first kappa shape index (κ1) is 16.0. The lowest BCUT2D eigenvalue weighted by atomic mass is 9.79. The standard InChI is InChI=1S/C18H21BrFN/c1-13(21-17-15(19)10-7-11-16(17)20)12-18(2,3)14-8-5-4-6-9-14/h4-11,13,21H,12H2,1-3H3. The lowest BCUT2D eigenvalue weighted by Crippen LogP contribution is -2.28. The zero-order chi connectivity index (χ0) is 15.5. The molecule has 1 atom stereocenters. The monoisotopic (exact) mass is 349 g/mol. The van der Waals surface area contributed by atoms with Crippen LogP contribution in [0.4, 0.5) is 10.1 Å². The molecule has 3 heteroatoms. The lowest BCUT2D eigenvalue weighted by Gasteiger charge is -2.30. The van der Waals surface area contributed by atoms with Gasteiger partial charge in [0.05, 0.1) is 5.69 Å². The van der Waals surface area contributed by atoms with Gasteiger partial charge in [-0.1, -0.05) is 50.2 Å². The quantitative estimate of drug-likeness (QED) is 0.723. The normalized spacial score (nSPS) is 13.0. The molecule has 0 aliphatic rings. The summed E-state index contributed by atoms with van der Waals surface area (Å²) in [7, 11) is 0. The highest BCUT2D eigenvalue weighted by Crippen LogP contribution is 2.31. The van der Waals surface area contributed by atoms with Gasteiger partial charge in [0.2, 0.25) is 0 Å². The number of anilines is 1. The summed E-state index contributed by atoms with van der Waals surface area (Å²) in [5.74, 6) is -0.228. The zero-order valence-electron chi connectivity index (χ0n) is 12.7. The third kappa shape index (κ3) is 4.07. The van der Waals surface area contributed by atoms with Gasteiger partial charge in [-0.15, -0.1) is 0 Å². The third-order valence-electron chi connectivity index (χ3n) is 3.73. The van der Waals surface area contributed by atoms with Crippen molar-refractivity contribution in [3.8, 4) is 0 Å². The Morgan fingerprint density at radius 3 is 2.38 bits per heavy atom. The van der Waals surface area contributed by atoms with E-state index in [2.05, 4.69) is 66.3 Å². The van der Waals surface area contributed by atoms with Crippen LogP contribution in [0.2, 0.25) is 0 Å². The van der Waals surface area contributed by atoms with Crippen LogP contribution in [-0.2, 0) is 5.41 Å². The molecule has 1 unspecified atom stereocenters. The van der Waals surface area contributed by atoms with Crippen LogP contribution in [0.25, 0.3) is 0 Å². The summed E-state index contributed by atoms with van der Waals surface area (Å²) in [6.45, 7) is 6.53. The molecular formula is C18H21BrFN. The molecule has 0 saturated carbocycles. The summed E-state index contributed by atoms with van der Waals surface area (Å²) in [6, 6.07) is 15.6. The fourth-order valence-corrected chi connectivity index (χ4v) is 3.16. The molecule has 21 heavy (non-hydrogen) atoms. The fraction of sp³-hybridized carbons (Fsp3) is 0.333. The molecule has 0 aliphatic heterocycles. The molecule has 112 valence electrons. The summed E-state index contributed by atoms with van der Waals surface area (Å²) in [6.07, 6.45) is 0.914. The van der Waals surface area contributed by atoms with Crippen LogP contribution in [0.5, 0.6) is 0 Å². The number of nitrogens with one attached hydrogen (secondary N) is 1. The first-order valence-corrected chi connectivity index (χ1v) is 7.95. The van der Waals surface area contributed by atoms with Crippen LogP contribution < -0.4 is 5.32 Å². The molecule has 0 bridgehead atoms. The molecule has 2 rings (SSSR count). The molecule has 0 fully saturated rings. The molecule has 0 saturated heterocycles. The Morgan fingerprint density at radius 2 is 1.76 bits per heavy atom. The fourth-order valence-electron chi connectivity index (χ4n) is 2.71. The predicted molar refractivity (Wildman–Crippen MR) is 91.3 cm³/mol. The highest BCUT2D eigenvalue weighted by molar-refractivity contribution is 9.10. The maximum atomic E-state index is 13.9. The van der Waals surface area contributed by atoms with Gasteiger partial charge in [0.25, 0.3) is 0 Å². The predicted octanol–water partition coefficient (Wildman–Crippen LogP) is 5.76. The number of benzene rings is 2. The summed E-state index contributed by atoms with van der Waals surface area (Å²) < 4.78 is 14.6. The number of rotatable bonds is 5. The second kappa shape index (κ2) is 6.61. The Morgan fingerprint density at radius 1 is 1.10 bits per heavy atom. The van der Waals surface area contributed by atoms with Crippen LogP contribution in [0.3, 0.4) is 0 Å². The van der Waals surface area contributed by atoms with Crippen molar-refractivity contribution in [2.75, 3.05) is 5.32 Å². The Bertz CT molecular complexity index is 575. The van der Waals surface area contributed by atoms with E-state index in [1.54, 1.807) is 6.07 Å². The average Bonchev–Trinajstić information content (AvgIpc) is 2.43. The minimum Gasteiger partial charge on any atom is -0.379 e. The maximum absolute atomic E-state index is 13.9. The van der Waals surface area contributed by atoms with E-state index in [1.165, 1.54) is 11.6 Å². The van der Waals surface area contributed by atoms with Crippen LogP contribution in [0, 0.1) is 5.82 Å². The lowest BCUT2D eigenvalue weighted by molar-refractivity contribution is 0.449. The van der Waals surface area contributed by atoms with E-state index in [1.807, 2.05) is 12.1 Å². The van der Waals surface area contributed by atoms with Gasteiger partial charge in [0, 0.05) is 10.5 Å². The number of para-hydroxylation sites is 1. The molecule has 1 N–H and O–H groups in total. The van der Waals surface area contributed by atoms with Crippen molar-refractivity contribution < 1.29 is 4.39 Å². The Hall–Kier alpha value is -1.35. The largest absolute Gasteiger partial charge is 0.379 e.